The standard InChI is InChI=1S/C24H22N4O4S/c1-14-12-16(24(30)28-7-10-33-11-8-28)5-6-18(14)25-22(29)17-13-19(20-4-3-9-31-20)26-23-21(17)15(2)27-32-23/h3-6,9,12-13H,7-8,10-11H2,1-2H3,(H,25,29). The fraction of sp³-hybridized carbons (Fsp3) is 0.250. The summed E-state index contributed by atoms with van der Waals surface area (Å²) in [7, 11) is 0. The van der Waals surface area contributed by atoms with Crippen LogP contribution in [0.2, 0.25) is 0 Å². The molecule has 0 spiro atoms. The number of hydrogen-bond donors (Lipinski definition) is 1. The van der Waals surface area contributed by atoms with Gasteiger partial charge in [0.1, 0.15) is 5.69 Å². The lowest BCUT2D eigenvalue weighted by Crippen LogP contribution is -2.37. The van der Waals surface area contributed by atoms with Crippen LogP contribution >= 0.6 is 11.8 Å². The minimum absolute atomic E-state index is 0.0234. The SMILES string of the molecule is Cc1cc(C(=O)N2CCSCC2)ccc1NC(=O)c1cc(-c2ccco2)nc2onc(C)c12. The topological polar surface area (TPSA) is 101 Å². The Labute approximate surface area is 194 Å². The third kappa shape index (κ3) is 4.11. The molecular formula is C24H22N4O4S. The average molecular weight is 463 g/mol. The summed E-state index contributed by atoms with van der Waals surface area (Å²) in [6.45, 7) is 5.16. The first-order valence-electron chi connectivity index (χ1n) is 10.6. The molecule has 0 bridgehead atoms. The molecule has 1 aliphatic rings. The van der Waals surface area contributed by atoms with Crippen molar-refractivity contribution in [2.75, 3.05) is 29.9 Å². The van der Waals surface area contributed by atoms with E-state index in [4.69, 9.17) is 8.94 Å². The summed E-state index contributed by atoms with van der Waals surface area (Å²) < 4.78 is 10.8. The van der Waals surface area contributed by atoms with E-state index in [2.05, 4.69) is 15.5 Å². The summed E-state index contributed by atoms with van der Waals surface area (Å²) in [5, 5.41) is 7.48. The molecule has 33 heavy (non-hydrogen) atoms. The number of furan rings is 1. The van der Waals surface area contributed by atoms with Crippen molar-refractivity contribution in [3.63, 3.8) is 0 Å². The van der Waals surface area contributed by atoms with Crippen LogP contribution in [0.3, 0.4) is 0 Å². The smallest absolute Gasteiger partial charge is 0.259 e. The predicted molar refractivity (Wildman–Crippen MR) is 127 cm³/mol. The number of anilines is 1. The summed E-state index contributed by atoms with van der Waals surface area (Å²) in [4.78, 5) is 32.4. The first-order chi connectivity index (χ1) is 16.0. The maximum absolute atomic E-state index is 13.3. The zero-order valence-corrected chi connectivity index (χ0v) is 19.1. The first-order valence-corrected chi connectivity index (χ1v) is 11.8. The van der Waals surface area contributed by atoms with Gasteiger partial charge in [-0.1, -0.05) is 5.16 Å². The summed E-state index contributed by atoms with van der Waals surface area (Å²) in [6, 6.07) is 10.5. The molecule has 1 N–H and O–H groups in total. The van der Waals surface area contributed by atoms with Gasteiger partial charge in [0.05, 0.1) is 22.9 Å². The number of carbonyl (C=O) groups is 2. The fourth-order valence-corrected chi connectivity index (χ4v) is 4.80. The van der Waals surface area contributed by atoms with Crippen LogP contribution in [0.15, 0.2) is 51.6 Å². The van der Waals surface area contributed by atoms with Crippen molar-refractivity contribution in [3.8, 4) is 11.5 Å². The number of carbonyl (C=O) groups excluding carboxylic acids is 2. The van der Waals surface area contributed by atoms with Gasteiger partial charge in [-0.15, -0.1) is 0 Å². The van der Waals surface area contributed by atoms with Crippen LogP contribution in [0.1, 0.15) is 32.0 Å². The Hall–Kier alpha value is -3.59. The highest BCUT2D eigenvalue weighted by molar-refractivity contribution is 7.99. The van der Waals surface area contributed by atoms with Crippen LogP contribution < -0.4 is 5.32 Å². The number of amides is 2. The second-order valence-corrected chi connectivity index (χ2v) is 9.09. The normalized spacial score (nSPS) is 13.9. The molecule has 9 heteroatoms. The Morgan fingerprint density at radius 1 is 1.12 bits per heavy atom. The van der Waals surface area contributed by atoms with Crippen LogP contribution in [-0.2, 0) is 0 Å². The van der Waals surface area contributed by atoms with Crippen LogP contribution in [-0.4, -0.2) is 51.5 Å². The molecule has 0 unspecified atom stereocenters. The van der Waals surface area contributed by atoms with E-state index >= 15 is 0 Å². The molecule has 0 saturated carbocycles. The van der Waals surface area contributed by atoms with Crippen molar-refractivity contribution >= 4 is 40.4 Å². The van der Waals surface area contributed by atoms with E-state index < -0.39 is 0 Å². The quantitative estimate of drug-likeness (QED) is 0.475. The lowest BCUT2D eigenvalue weighted by atomic mass is 10.1. The monoisotopic (exact) mass is 462 g/mol. The maximum Gasteiger partial charge on any atom is 0.259 e. The summed E-state index contributed by atoms with van der Waals surface area (Å²) in [5.74, 6) is 2.14. The van der Waals surface area contributed by atoms with Gasteiger partial charge in [-0.3, -0.25) is 9.59 Å². The highest BCUT2D eigenvalue weighted by Gasteiger charge is 2.22. The highest BCUT2D eigenvalue weighted by Crippen LogP contribution is 2.28. The molecule has 1 fully saturated rings. The minimum atomic E-state index is -0.322. The molecule has 5 rings (SSSR count). The second-order valence-electron chi connectivity index (χ2n) is 7.87. The largest absolute Gasteiger partial charge is 0.463 e. The Morgan fingerprint density at radius 3 is 2.67 bits per heavy atom. The van der Waals surface area contributed by atoms with Crippen molar-refractivity contribution in [1.82, 2.24) is 15.0 Å². The molecule has 4 heterocycles. The van der Waals surface area contributed by atoms with Crippen LogP contribution in [0.5, 0.6) is 0 Å². The third-order valence-electron chi connectivity index (χ3n) is 5.66. The van der Waals surface area contributed by atoms with Crippen LogP contribution in [0.25, 0.3) is 22.6 Å². The highest BCUT2D eigenvalue weighted by atomic mass is 32.2. The maximum atomic E-state index is 13.3. The van der Waals surface area contributed by atoms with Gasteiger partial charge < -0.3 is 19.2 Å². The van der Waals surface area contributed by atoms with Gasteiger partial charge in [0.25, 0.3) is 17.5 Å². The van der Waals surface area contributed by atoms with E-state index in [1.165, 1.54) is 0 Å². The van der Waals surface area contributed by atoms with Gasteiger partial charge in [0, 0.05) is 35.8 Å². The number of thioether (sulfide) groups is 1. The predicted octanol–water partition coefficient (Wildman–Crippen LogP) is 4.54. The van der Waals surface area contributed by atoms with E-state index in [-0.39, 0.29) is 17.5 Å². The Morgan fingerprint density at radius 2 is 1.94 bits per heavy atom. The molecular weight excluding hydrogens is 440 g/mol. The van der Waals surface area contributed by atoms with Gasteiger partial charge in [0.2, 0.25) is 0 Å². The van der Waals surface area contributed by atoms with E-state index in [9.17, 15) is 9.59 Å². The fourth-order valence-electron chi connectivity index (χ4n) is 3.90. The third-order valence-corrected chi connectivity index (χ3v) is 6.60. The molecule has 1 aliphatic heterocycles. The van der Waals surface area contributed by atoms with Crippen molar-refractivity contribution in [2.24, 2.45) is 0 Å². The van der Waals surface area contributed by atoms with Gasteiger partial charge in [-0.25, -0.2) is 4.98 Å². The zero-order chi connectivity index (χ0) is 22.9. The number of hydrogen-bond acceptors (Lipinski definition) is 7. The Bertz CT molecular complexity index is 1340. The van der Waals surface area contributed by atoms with Crippen molar-refractivity contribution in [1.29, 1.82) is 0 Å². The number of benzene rings is 1. The molecule has 1 aromatic carbocycles. The molecule has 0 aliphatic carbocycles. The van der Waals surface area contributed by atoms with E-state index in [0.29, 0.717) is 39.3 Å². The number of rotatable bonds is 4. The van der Waals surface area contributed by atoms with Gasteiger partial charge in [-0.2, -0.15) is 11.8 Å². The Balaban J connectivity index is 1.44. The van der Waals surface area contributed by atoms with Crippen LogP contribution in [0.4, 0.5) is 5.69 Å². The van der Waals surface area contributed by atoms with Crippen LogP contribution in [0, 0.1) is 13.8 Å². The number of nitrogens with zero attached hydrogens (tertiary/aromatic N) is 3. The molecule has 1 saturated heterocycles. The molecule has 0 atom stereocenters. The number of aromatic nitrogens is 2. The summed E-state index contributed by atoms with van der Waals surface area (Å²) in [5.41, 5.74) is 3.76. The number of nitrogens with one attached hydrogen (secondary N) is 1. The minimum Gasteiger partial charge on any atom is -0.463 e. The van der Waals surface area contributed by atoms with Crippen molar-refractivity contribution in [2.45, 2.75) is 13.8 Å². The summed E-state index contributed by atoms with van der Waals surface area (Å²) >= 11 is 1.86. The second kappa shape index (κ2) is 8.74. The molecule has 8 nitrogen and oxygen atoms in total. The Kier molecular flexibility index (Phi) is 5.63. The number of fused-ring (bicyclic) bond motifs is 1. The summed E-state index contributed by atoms with van der Waals surface area (Å²) in [6.07, 6.45) is 1.54. The number of pyridine rings is 1. The lowest BCUT2D eigenvalue weighted by Gasteiger charge is -2.26. The van der Waals surface area contributed by atoms with E-state index in [0.717, 1.165) is 30.2 Å². The van der Waals surface area contributed by atoms with Gasteiger partial charge >= 0.3 is 0 Å². The average Bonchev–Trinajstić information content (AvgIpc) is 3.50. The van der Waals surface area contributed by atoms with Gasteiger partial charge in [0.15, 0.2) is 5.76 Å². The van der Waals surface area contributed by atoms with E-state index in [1.807, 2.05) is 29.7 Å². The van der Waals surface area contributed by atoms with E-state index in [1.54, 1.807) is 43.5 Å². The zero-order valence-electron chi connectivity index (χ0n) is 18.3. The molecule has 2 amide bonds. The molecule has 4 aromatic rings. The lowest BCUT2D eigenvalue weighted by molar-refractivity contribution is 0.0772. The molecule has 168 valence electrons. The van der Waals surface area contributed by atoms with Gasteiger partial charge in [-0.05, 0) is 55.8 Å². The first kappa shape index (κ1) is 21.3. The number of aryl methyl sites for hydroxylation is 2. The molecule has 3 aromatic heterocycles. The van der Waals surface area contributed by atoms with Crippen molar-refractivity contribution in [3.05, 3.63) is 65.0 Å². The van der Waals surface area contributed by atoms with Crippen molar-refractivity contribution < 1.29 is 18.5 Å². The molecule has 0 radical (unpaired) electrons.